The van der Waals surface area contributed by atoms with Crippen molar-refractivity contribution in [3.8, 4) is 0 Å². The highest BCUT2D eigenvalue weighted by Gasteiger charge is 2.19. The molecule has 0 bridgehead atoms. The van der Waals surface area contributed by atoms with Crippen LogP contribution in [0.1, 0.15) is 19.8 Å². The van der Waals surface area contributed by atoms with Crippen LogP contribution in [0.3, 0.4) is 0 Å². The molecular weight excluding hydrogens is 278 g/mol. The lowest BCUT2D eigenvalue weighted by Crippen LogP contribution is -2.31. The highest BCUT2D eigenvalue weighted by molar-refractivity contribution is 7.89. The molecule has 5 N–H and O–H groups in total. The molecule has 0 amide bonds. The molecule has 1 heterocycles. The molecule has 2 aromatic rings. The van der Waals surface area contributed by atoms with Crippen LogP contribution in [0.5, 0.6) is 0 Å². The summed E-state index contributed by atoms with van der Waals surface area (Å²) in [5, 5.41) is 10.2. The number of fused-ring (bicyclic) bond motifs is 1. The highest BCUT2D eigenvalue weighted by Crippen LogP contribution is 2.24. The summed E-state index contributed by atoms with van der Waals surface area (Å²) in [6.07, 6.45) is 2.12. The minimum atomic E-state index is -3.65. The number of aromatic amines is 1. The predicted octanol–water partition coefficient (Wildman–Crippen LogP) is 1.19. The van der Waals surface area contributed by atoms with Crippen molar-refractivity contribution in [2.45, 2.75) is 30.8 Å². The van der Waals surface area contributed by atoms with E-state index in [4.69, 9.17) is 5.73 Å². The van der Waals surface area contributed by atoms with Gasteiger partial charge in [-0.05, 0) is 24.6 Å². The molecule has 0 spiro atoms. The number of nitrogens with one attached hydrogen (secondary N) is 2. The van der Waals surface area contributed by atoms with E-state index in [1.165, 1.54) is 6.20 Å². The third kappa shape index (κ3) is 3.12. The molecule has 0 aliphatic rings. The van der Waals surface area contributed by atoms with E-state index in [1.54, 1.807) is 18.2 Å². The molecule has 0 fully saturated rings. The molecule has 0 aliphatic carbocycles. The number of H-pyrrole nitrogens is 1. The van der Waals surface area contributed by atoms with Crippen molar-refractivity contribution in [1.82, 2.24) is 9.71 Å². The summed E-state index contributed by atoms with van der Waals surface area (Å²) in [5.74, 6) is 0. The molecule has 0 saturated carbocycles. The molecule has 0 aliphatic heterocycles. The van der Waals surface area contributed by atoms with Gasteiger partial charge in [-0.15, -0.1) is 0 Å². The average Bonchev–Trinajstić information content (AvgIpc) is 2.80. The summed E-state index contributed by atoms with van der Waals surface area (Å²) >= 11 is 0. The maximum absolute atomic E-state index is 12.2. The predicted molar refractivity (Wildman–Crippen MR) is 78.8 cm³/mol. The third-order valence-corrected chi connectivity index (χ3v) is 4.55. The van der Waals surface area contributed by atoms with Gasteiger partial charge in [0.15, 0.2) is 0 Å². The van der Waals surface area contributed by atoms with Crippen molar-refractivity contribution in [2.24, 2.45) is 0 Å². The van der Waals surface area contributed by atoms with Gasteiger partial charge in [-0.1, -0.05) is 13.3 Å². The van der Waals surface area contributed by atoms with Crippen LogP contribution in [0.25, 0.3) is 10.9 Å². The number of anilines is 1. The van der Waals surface area contributed by atoms with E-state index in [0.29, 0.717) is 23.0 Å². The van der Waals surface area contributed by atoms with E-state index < -0.39 is 16.1 Å². The number of benzene rings is 1. The zero-order valence-electron chi connectivity index (χ0n) is 11.3. The molecule has 6 nitrogen and oxygen atoms in total. The number of aliphatic hydroxyl groups excluding tert-OH is 1. The van der Waals surface area contributed by atoms with Crippen LogP contribution in [0.4, 0.5) is 5.69 Å². The average molecular weight is 297 g/mol. The van der Waals surface area contributed by atoms with E-state index in [9.17, 15) is 13.5 Å². The van der Waals surface area contributed by atoms with Crippen LogP contribution in [-0.4, -0.2) is 31.2 Å². The van der Waals surface area contributed by atoms with Gasteiger partial charge in [-0.3, -0.25) is 0 Å². The minimum absolute atomic E-state index is 0.0117. The van der Waals surface area contributed by atoms with Gasteiger partial charge >= 0.3 is 0 Å². The molecular formula is C13H19N3O3S. The summed E-state index contributed by atoms with van der Waals surface area (Å²) in [6, 6.07) is 5.00. The van der Waals surface area contributed by atoms with Crippen LogP contribution in [-0.2, 0) is 10.0 Å². The summed E-state index contributed by atoms with van der Waals surface area (Å²) in [7, 11) is -3.65. The van der Waals surface area contributed by atoms with Crippen LogP contribution in [0.2, 0.25) is 0 Å². The maximum Gasteiger partial charge on any atom is 0.242 e. The van der Waals surface area contributed by atoms with Gasteiger partial charge in [0.2, 0.25) is 10.0 Å². The lowest BCUT2D eigenvalue weighted by Gasteiger charge is -2.10. The fourth-order valence-corrected chi connectivity index (χ4v) is 3.31. The van der Waals surface area contributed by atoms with E-state index >= 15 is 0 Å². The number of hydrogen-bond acceptors (Lipinski definition) is 4. The van der Waals surface area contributed by atoms with Crippen molar-refractivity contribution in [3.05, 3.63) is 24.4 Å². The Morgan fingerprint density at radius 1 is 1.45 bits per heavy atom. The zero-order chi connectivity index (χ0) is 14.8. The Morgan fingerprint density at radius 2 is 2.20 bits per heavy atom. The second kappa shape index (κ2) is 5.82. The second-order valence-electron chi connectivity index (χ2n) is 4.75. The van der Waals surface area contributed by atoms with Crippen molar-refractivity contribution >= 4 is 26.6 Å². The monoisotopic (exact) mass is 297 g/mol. The van der Waals surface area contributed by atoms with E-state index in [2.05, 4.69) is 9.71 Å². The molecule has 110 valence electrons. The topological polar surface area (TPSA) is 108 Å². The van der Waals surface area contributed by atoms with E-state index in [-0.39, 0.29) is 11.4 Å². The zero-order valence-corrected chi connectivity index (χ0v) is 12.1. The summed E-state index contributed by atoms with van der Waals surface area (Å²) in [6.45, 7) is 1.94. The van der Waals surface area contributed by atoms with Gasteiger partial charge in [-0.2, -0.15) is 0 Å². The first-order chi connectivity index (χ1) is 9.44. The smallest absolute Gasteiger partial charge is 0.242 e. The van der Waals surface area contributed by atoms with Crippen molar-refractivity contribution in [2.75, 3.05) is 12.3 Å². The van der Waals surface area contributed by atoms with Gasteiger partial charge < -0.3 is 15.8 Å². The standard InChI is InChI=1S/C13H19N3O3S/c1-2-3-10(17)7-16-20(18,19)13-8-15-12-6-9(14)4-5-11(12)13/h4-6,8,10,15-17H,2-3,7,14H2,1H3. The lowest BCUT2D eigenvalue weighted by atomic mass is 10.2. The molecule has 2 rings (SSSR count). The van der Waals surface area contributed by atoms with Gasteiger partial charge in [0.05, 0.1) is 6.10 Å². The normalized spacial score (nSPS) is 13.7. The summed E-state index contributed by atoms with van der Waals surface area (Å²) < 4.78 is 26.9. The van der Waals surface area contributed by atoms with Gasteiger partial charge in [-0.25, -0.2) is 13.1 Å². The Morgan fingerprint density at radius 3 is 2.90 bits per heavy atom. The summed E-state index contributed by atoms with van der Waals surface area (Å²) in [4.78, 5) is 3.05. The van der Waals surface area contributed by atoms with E-state index in [1.807, 2.05) is 6.92 Å². The van der Waals surface area contributed by atoms with Crippen LogP contribution in [0.15, 0.2) is 29.3 Å². The lowest BCUT2D eigenvalue weighted by molar-refractivity contribution is 0.167. The molecule has 1 atom stereocenters. The quantitative estimate of drug-likeness (QED) is 0.600. The minimum Gasteiger partial charge on any atom is -0.399 e. The maximum atomic E-state index is 12.2. The number of hydrogen-bond donors (Lipinski definition) is 4. The SMILES string of the molecule is CCCC(O)CNS(=O)(=O)c1c[nH]c2cc(N)ccc12. The Hall–Kier alpha value is -1.57. The first-order valence-corrected chi connectivity index (χ1v) is 7.96. The third-order valence-electron chi connectivity index (χ3n) is 3.09. The first-order valence-electron chi connectivity index (χ1n) is 6.48. The Labute approximate surface area is 118 Å². The number of rotatable bonds is 6. The number of aliphatic hydroxyl groups is 1. The van der Waals surface area contributed by atoms with Crippen LogP contribution in [0, 0.1) is 0 Å². The Balaban J connectivity index is 2.24. The molecule has 1 aromatic carbocycles. The number of aromatic nitrogens is 1. The molecule has 1 unspecified atom stereocenters. The van der Waals surface area contributed by atoms with Crippen LogP contribution >= 0.6 is 0 Å². The largest absolute Gasteiger partial charge is 0.399 e. The van der Waals surface area contributed by atoms with Gasteiger partial charge in [0.25, 0.3) is 0 Å². The highest BCUT2D eigenvalue weighted by atomic mass is 32.2. The number of nitrogens with two attached hydrogens (primary N) is 1. The van der Waals surface area contributed by atoms with E-state index in [0.717, 1.165) is 6.42 Å². The summed E-state index contributed by atoms with van der Waals surface area (Å²) in [5.41, 5.74) is 6.89. The molecule has 0 radical (unpaired) electrons. The Bertz CT molecular complexity index is 694. The van der Waals surface area contributed by atoms with Gasteiger partial charge in [0, 0.05) is 29.3 Å². The number of sulfonamides is 1. The molecule has 0 saturated heterocycles. The molecule has 20 heavy (non-hydrogen) atoms. The van der Waals surface area contributed by atoms with Crippen molar-refractivity contribution < 1.29 is 13.5 Å². The van der Waals surface area contributed by atoms with Crippen LogP contribution < -0.4 is 10.5 Å². The second-order valence-corrected chi connectivity index (χ2v) is 6.49. The van der Waals surface area contributed by atoms with Crippen molar-refractivity contribution in [3.63, 3.8) is 0 Å². The van der Waals surface area contributed by atoms with Crippen molar-refractivity contribution in [1.29, 1.82) is 0 Å². The molecule has 1 aromatic heterocycles. The first kappa shape index (κ1) is 14.8. The fraction of sp³-hybridized carbons (Fsp3) is 0.385. The van der Waals surface area contributed by atoms with Gasteiger partial charge in [0.1, 0.15) is 4.90 Å². The number of nitrogen functional groups attached to an aromatic ring is 1. The fourth-order valence-electron chi connectivity index (χ4n) is 2.06. The Kier molecular flexibility index (Phi) is 4.32. The molecule has 7 heteroatoms.